The van der Waals surface area contributed by atoms with Gasteiger partial charge >= 0.3 is 12.4 Å². The van der Waals surface area contributed by atoms with Gasteiger partial charge in [0.1, 0.15) is 0 Å². The molecule has 0 bridgehead atoms. The van der Waals surface area contributed by atoms with Gasteiger partial charge in [-0.25, -0.2) is 0 Å². The fraction of sp³-hybridized carbons (Fsp3) is 0.533. The summed E-state index contributed by atoms with van der Waals surface area (Å²) < 4.78 is 86.8. The summed E-state index contributed by atoms with van der Waals surface area (Å²) in [5, 5.41) is 2.91. The topological polar surface area (TPSA) is 61.9 Å². The third kappa shape index (κ3) is 9.33. The molecule has 0 aromatic heterocycles. The molecule has 3 atom stereocenters. The van der Waals surface area contributed by atoms with E-state index in [-0.39, 0.29) is 54.4 Å². The molecule has 2 aliphatic rings. The number of nitrogens with one attached hydrogen (secondary N) is 1. The lowest BCUT2D eigenvalue weighted by atomic mass is 9.87. The maximum absolute atomic E-state index is 13.4. The lowest BCUT2D eigenvalue weighted by molar-refractivity contribution is -0.143. The quantitative estimate of drug-likeness (QED) is 0.368. The number of carbonyl (C=O) groups excluding carboxylic acids is 2. The average molecular weight is 636 g/mol. The van der Waals surface area contributed by atoms with E-state index >= 15 is 0 Å². The molecule has 0 spiro atoms. The van der Waals surface area contributed by atoms with E-state index < -0.39 is 35.7 Å². The van der Waals surface area contributed by atoms with Gasteiger partial charge in [-0.2, -0.15) is 26.3 Å². The minimum absolute atomic E-state index is 0. The second-order valence-corrected chi connectivity index (χ2v) is 11.1. The number of carbonyl (C=O) groups is 2. The first kappa shape index (κ1) is 34.7. The highest BCUT2D eigenvalue weighted by Crippen LogP contribution is 2.39. The highest BCUT2D eigenvalue weighted by Gasteiger charge is 2.39. The van der Waals surface area contributed by atoms with Crippen molar-refractivity contribution in [3.05, 3.63) is 70.8 Å². The summed E-state index contributed by atoms with van der Waals surface area (Å²) >= 11 is 0. The number of nitrogens with zero attached hydrogens (tertiary/aromatic N) is 2. The molecule has 3 unspecified atom stereocenters. The molecule has 2 saturated heterocycles. The fourth-order valence-corrected chi connectivity index (χ4v) is 5.71. The number of piperidine rings is 2. The summed E-state index contributed by atoms with van der Waals surface area (Å²) in [6.07, 6.45) is -9.63. The number of hydrogen-bond acceptors (Lipinski definition) is 4. The Morgan fingerprint density at radius 3 is 2.05 bits per heavy atom. The fourth-order valence-electron chi connectivity index (χ4n) is 5.71. The van der Waals surface area contributed by atoms with Gasteiger partial charge in [0.15, 0.2) is 0 Å². The number of alkyl halides is 6. The van der Waals surface area contributed by atoms with Gasteiger partial charge in [0.25, 0.3) is 0 Å². The normalized spacial score (nSPS) is 21.2. The van der Waals surface area contributed by atoms with Gasteiger partial charge in [-0.15, -0.1) is 12.4 Å². The molecule has 2 aromatic carbocycles. The largest absolute Gasteiger partial charge is 0.416 e. The molecular formula is C30H36ClF6N3O3. The first-order chi connectivity index (χ1) is 19.7. The van der Waals surface area contributed by atoms with Gasteiger partial charge in [0.2, 0.25) is 11.8 Å². The number of ether oxygens (including phenoxy) is 1. The third-order valence-corrected chi connectivity index (χ3v) is 7.94. The van der Waals surface area contributed by atoms with Crippen LogP contribution < -0.4 is 5.32 Å². The van der Waals surface area contributed by atoms with Crippen LogP contribution in [0.15, 0.2) is 48.5 Å². The van der Waals surface area contributed by atoms with Gasteiger partial charge in [-0.1, -0.05) is 30.3 Å². The van der Waals surface area contributed by atoms with Crippen molar-refractivity contribution in [2.75, 3.05) is 32.7 Å². The molecule has 0 aliphatic carbocycles. The van der Waals surface area contributed by atoms with Crippen LogP contribution in [0.2, 0.25) is 0 Å². The molecule has 2 amide bonds. The van der Waals surface area contributed by atoms with Gasteiger partial charge in [0, 0.05) is 45.1 Å². The number of halogens is 7. The van der Waals surface area contributed by atoms with Gasteiger partial charge in [-0.05, 0) is 55.5 Å². The number of likely N-dealkylation sites (tertiary alicyclic amines) is 2. The first-order valence-corrected chi connectivity index (χ1v) is 14.0. The molecule has 2 aliphatic heterocycles. The van der Waals surface area contributed by atoms with E-state index in [1.165, 1.54) is 13.8 Å². The lowest BCUT2D eigenvalue weighted by Gasteiger charge is -2.41. The Labute approximate surface area is 253 Å². The van der Waals surface area contributed by atoms with Crippen LogP contribution in [0.5, 0.6) is 0 Å². The predicted octanol–water partition coefficient (Wildman–Crippen LogP) is 6.21. The van der Waals surface area contributed by atoms with E-state index in [1.54, 1.807) is 4.90 Å². The van der Waals surface area contributed by atoms with Gasteiger partial charge < -0.3 is 15.0 Å². The summed E-state index contributed by atoms with van der Waals surface area (Å²) in [7, 11) is 0. The molecule has 238 valence electrons. The number of hydrogen-bond donors (Lipinski definition) is 1. The minimum Gasteiger partial charge on any atom is -0.370 e. The van der Waals surface area contributed by atoms with Crippen LogP contribution in [-0.4, -0.2) is 66.5 Å². The minimum atomic E-state index is -4.95. The maximum atomic E-state index is 13.4. The summed E-state index contributed by atoms with van der Waals surface area (Å²) in [5.74, 6) is -0.470. The van der Waals surface area contributed by atoms with Crippen molar-refractivity contribution in [3.63, 3.8) is 0 Å². The van der Waals surface area contributed by atoms with Crippen molar-refractivity contribution in [1.29, 1.82) is 0 Å². The van der Waals surface area contributed by atoms with Crippen molar-refractivity contribution < 1.29 is 40.7 Å². The van der Waals surface area contributed by atoms with Crippen molar-refractivity contribution in [2.45, 2.75) is 69.6 Å². The zero-order chi connectivity index (χ0) is 30.7. The average Bonchev–Trinajstić information content (AvgIpc) is 2.93. The molecule has 6 nitrogen and oxygen atoms in total. The van der Waals surface area contributed by atoms with E-state index in [9.17, 15) is 35.9 Å². The SMILES string of the molecule is CC(=O)NC1CCN(CC(=O)N2CCC(OC(C)c3cc(C(F)(F)F)cc(C(F)(F)F)c3)C(c3ccccc3)C2)CC1.Cl. The second kappa shape index (κ2) is 14.3. The molecular weight excluding hydrogens is 600 g/mol. The van der Waals surface area contributed by atoms with E-state index in [2.05, 4.69) is 10.2 Å². The summed E-state index contributed by atoms with van der Waals surface area (Å²) in [4.78, 5) is 28.4. The Kier molecular flexibility index (Phi) is 11.5. The van der Waals surface area contributed by atoms with Crippen molar-refractivity contribution >= 4 is 24.2 Å². The molecule has 2 aromatic rings. The van der Waals surface area contributed by atoms with Crippen LogP contribution in [0.4, 0.5) is 26.3 Å². The summed E-state index contributed by atoms with van der Waals surface area (Å²) in [5.41, 5.74) is -2.12. The predicted molar refractivity (Wildman–Crippen MR) is 151 cm³/mol. The molecule has 13 heteroatoms. The standard InChI is InChI=1S/C30H35F6N3O3.ClH/c1-19(22-14-23(29(31,32)33)16-24(15-22)30(34,35)36)42-27-10-13-39(17-26(27)21-6-4-3-5-7-21)28(41)18-38-11-8-25(9-12-38)37-20(2)40;/h3-7,14-16,19,25-27H,8-13,17-18H2,1-2H3,(H,37,40);1H. The van der Waals surface area contributed by atoms with Crippen LogP contribution in [0, 0.1) is 0 Å². The van der Waals surface area contributed by atoms with Crippen LogP contribution in [0.3, 0.4) is 0 Å². The number of rotatable bonds is 7. The summed E-state index contributed by atoms with van der Waals surface area (Å²) in [6.45, 7) is 5.14. The Morgan fingerprint density at radius 2 is 1.51 bits per heavy atom. The Hall–Kier alpha value is -2.83. The van der Waals surface area contributed by atoms with Crippen molar-refractivity contribution in [2.24, 2.45) is 0 Å². The van der Waals surface area contributed by atoms with Crippen LogP contribution in [-0.2, 0) is 26.7 Å². The van der Waals surface area contributed by atoms with Gasteiger partial charge in [0.05, 0.1) is 29.9 Å². The number of benzene rings is 2. The molecule has 4 rings (SSSR count). The van der Waals surface area contributed by atoms with Crippen molar-refractivity contribution in [1.82, 2.24) is 15.1 Å². The van der Waals surface area contributed by atoms with Crippen LogP contribution in [0.25, 0.3) is 0 Å². The van der Waals surface area contributed by atoms with Crippen LogP contribution >= 0.6 is 12.4 Å². The lowest BCUT2D eigenvalue weighted by Crippen LogP contribution is -2.51. The molecule has 2 heterocycles. The van der Waals surface area contributed by atoms with Crippen molar-refractivity contribution in [3.8, 4) is 0 Å². The molecule has 0 radical (unpaired) electrons. The van der Waals surface area contributed by atoms with E-state index in [0.29, 0.717) is 44.7 Å². The van der Waals surface area contributed by atoms with Crippen LogP contribution in [0.1, 0.15) is 67.4 Å². The first-order valence-electron chi connectivity index (χ1n) is 14.0. The summed E-state index contributed by atoms with van der Waals surface area (Å²) in [6, 6.07) is 10.8. The monoisotopic (exact) mass is 635 g/mol. The Bertz CT molecular complexity index is 1200. The highest BCUT2D eigenvalue weighted by atomic mass is 35.5. The Balaban J connectivity index is 0.00000506. The zero-order valence-corrected chi connectivity index (χ0v) is 24.7. The zero-order valence-electron chi connectivity index (χ0n) is 23.9. The second-order valence-electron chi connectivity index (χ2n) is 11.1. The maximum Gasteiger partial charge on any atom is 0.416 e. The Morgan fingerprint density at radius 1 is 0.930 bits per heavy atom. The van der Waals surface area contributed by atoms with E-state index in [1.807, 2.05) is 30.3 Å². The number of amides is 2. The highest BCUT2D eigenvalue weighted by molar-refractivity contribution is 5.85. The smallest absolute Gasteiger partial charge is 0.370 e. The molecule has 2 fully saturated rings. The molecule has 1 N–H and O–H groups in total. The van der Waals surface area contributed by atoms with Gasteiger partial charge in [-0.3, -0.25) is 14.5 Å². The molecule has 43 heavy (non-hydrogen) atoms. The third-order valence-electron chi connectivity index (χ3n) is 7.94. The molecule has 0 saturated carbocycles. The van der Waals surface area contributed by atoms with E-state index in [0.717, 1.165) is 18.4 Å². The van der Waals surface area contributed by atoms with E-state index in [4.69, 9.17) is 4.74 Å².